The number of aryl methyl sites for hydroxylation is 1. The van der Waals surface area contributed by atoms with Crippen LogP contribution >= 0.6 is 11.9 Å². The number of nitrogens with zero attached hydrogens (tertiary/aromatic N) is 1. The lowest BCUT2D eigenvalue weighted by molar-refractivity contribution is -0.126. The van der Waals surface area contributed by atoms with Gasteiger partial charge < -0.3 is 0 Å². The molecule has 0 N–H and O–H groups in total. The molecule has 5 aromatic carbocycles. The number of benzene rings is 5. The van der Waals surface area contributed by atoms with Gasteiger partial charge in [0.2, 0.25) is 0 Å². The van der Waals surface area contributed by atoms with Crippen molar-refractivity contribution in [2.75, 3.05) is 0 Å². The smallest absolute Gasteiger partial charge is 0.271 e. The Hall–Kier alpha value is -4.13. The van der Waals surface area contributed by atoms with Gasteiger partial charge in [-0.3, -0.25) is 4.79 Å². The first kappa shape index (κ1) is 24.9. The highest BCUT2D eigenvalue weighted by Crippen LogP contribution is 2.71. The largest absolute Gasteiger partial charge is 0.276 e. The summed E-state index contributed by atoms with van der Waals surface area (Å²) < 4.78 is 28.7. The van der Waals surface area contributed by atoms with Crippen LogP contribution in [0.5, 0.6) is 0 Å². The molecule has 196 valence electrons. The Labute approximate surface area is 238 Å². The number of sulfonamides is 1. The van der Waals surface area contributed by atoms with Gasteiger partial charge in [0.25, 0.3) is 15.9 Å². The zero-order valence-electron chi connectivity index (χ0n) is 21.7. The van der Waals surface area contributed by atoms with Crippen molar-refractivity contribution in [2.24, 2.45) is 0 Å². The van der Waals surface area contributed by atoms with Crippen LogP contribution in [0, 0.1) is 6.92 Å². The first-order valence-corrected chi connectivity index (χ1v) is 15.3. The topological polar surface area (TPSA) is 54.5 Å². The minimum absolute atomic E-state index is 0.0885. The Kier molecular flexibility index (Phi) is 5.56. The maximum absolute atomic E-state index is 15.2. The van der Waals surface area contributed by atoms with E-state index < -0.39 is 26.1 Å². The highest BCUT2D eigenvalue weighted by atomic mass is 32.3. The van der Waals surface area contributed by atoms with Crippen LogP contribution in [0.1, 0.15) is 27.8 Å². The summed E-state index contributed by atoms with van der Waals surface area (Å²) >= 11 is 1.11. The van der Waals surface area contributed by atoms with Gasteiger partial charge in [-0.25, -0.2) is 8.42 Å². The summed E-state index contributed by atoms with van der Waals surface area (Å²) in [6, 6.07) is 42.0. The van der Waals surface area contributed by atoms with Crippen molar-refractivity contribution < 1.29 is 13.2 Å². The second-order valence-corrected chi connectivity index (χ2v) is 13.4. The lowest BCUT2D eigenvalue weighted by Crippen LogP contribution is -2.50. The van der Waals surface area contributed by atoms with Crippen molar-refractivity contribution in [1.29, 1.82) is 0 Å². The molecule has 1 fully saturated rings. The van der Waals surface area contributed by atoms with Gasteiger partial charge in [0.1, 0.15) is 10.2 Å². The number of fused-ring (bicyclic) bond motifs is 5. The minimum Gasteiger partial charge on any atom is -0.271 e. The van der Waals surface area contributed by atoms with Crippen LogP contribution in [-0.4, -0.2) is 18.0 Å². The predicted molar refractivity (Wildman–Crippen MR) is 159 cm³/mol. The van der Waals surface area contributed by atoms with E-state index in [1.54, 1.807) is 24.3 Å². The lowest BCUT2D eigenvalue weighted by atomic mass is 9.61. The zero-order chi connectivity index (χ0) is 27.5. The maximum Gasteiger partial charge on any atom is 0.276 e. The lowest BCUT2D eigenvalue weighted by Gasteiger charge is -2.42. The summed E-state index contributed by atoms with van der Waals surface area (Å²) in [6.45, 7) is 1.91. The van der Waals surface area contributed by atoms with Crippen LogP contribution in [0.2, 0.25) is 0 Å². The maximum atomic E-state index is 15.2. The molecule has 1 saturated heterocycles. The number of hydrogen-bond donors (Lipinski definition) is 0. The van der Waals surface area contributed by atoms with E-state index in [9.17, 15) is 8.42 Å². The third-order valence-electron chi connectivity index (χ3n) is 8.09. The second-order valence-electron chi connectivity index (χ2n) is 10.2. The Morgan fingerprint density at radius 3 is 1.55 bits per heavy atom. The SMILES string of the molecule is Cc1ccc(S(=O)(=O)N2SC3(c4ccccc4-c4ccccc43)C(c3ccccc3)(c3ccccc3)C2=O)cc1. The summed E-state index contributed by atoms with van der Waals surface area (Å²) in [4.78, 5) is 15.3. The minimum atomic E-state index is -4.21. The number of carbonyl (C=O) groups excluding carboxylic acids is 1. The molecule has 1 spiro atoms. The summed E-state index contributed by atoms with van der Waals surface area (Å²) in [5.41, 5.74) is 4.90. The molecular weight excluding hydrogens is 535 g/mol. The van der Waals surface area contributed by atoms with E-state index in [0.29, 0.717) is 0 Å². The Morgan fingerprint density at radius 2 is 1.05 bits per heavy atom. The molecule has 0 unspecified atom stereocenters. The third kappa shape index (κ3) is 3.14. The Morgan fingerprint density at radius 1 is 0.600 bits per heavy atom. The summed E-state index contributed by atoms with van der Waals surface area (Å²) in [5.74, 6) is -0.484. The summed E-state index contributed by atoms with van der Waals surface area (Å²) in [5, 5.41) is 0. The Balaban J connectivity index is 1.63. The number of hydrogen-bond acceptors (Lipinski definition) is 4. The van der Waals surface area contributed by atoms with Crippen molar-refractivity contribution in [3.05, 3.63) is 161 Å². The fourth-order valence-electron chi connectivity index (χ4n) is 6.38. The van der Waals surface area contributed by atoms with Gasteiger partial charge in [0.05, 0.1) is 4.90 Å². The molecule has 0 radical (unpaired) electrons. The van der Waals surface area contributed by atoms with Crippen molar-refractivity contribution in [1.82, 2.24) is 3.71 Å². The molecule has 2 aliphatic rings. The van der Waals surface area contributed by atoms with Gasteiger partial charge >= 0.3 is 0 Å². The zero-order valence-corrected chi connectivity index (χ0v) is 23.3. The molecule has 6 heteroatoms. The van der Waals surface area contributed by atoms with Gasteiger partial charge in [-0.05, 0) is 64.4 Å². The van der Waals surface area contributed by atoms with Crippen LogP contribution in [0.25, 0.3) is 11.1 Å². The van der Waals surface area contributed by atoms with Crippen molar-refractivity contribution >= 4 is 27.9 Å². The fraction of sp³-hybridized carbons (Fsp3) is 0.0882. The molecule has 0 atom stereocenters. The second kappa shape index (κ2) is 8.95. The molecule has 7 rings (SSSR count). The number of amides is 1. The summed E-state index contributed by atoms with van der Waals surface area (Å²) in [6.07, 6.45) is 0. The number of carbonyl (C=O) groups is 1. The van der Waals surface area contributed by atoms with E-state index >= 15 is 4.79 Å². The molecule has 5 aromatic rings. The highest BCUT2D eigenvalue weighted by molar-refractivity contribution is 8.10. The molecule has 1 aliphatic heterocycles. The monoisotopic (exact) mass is 559 g/mol. The van der Waals surface area contributed by atoms with Gasteiger partial charge in [-0.1, -0.05) is 127 Å². The van der Waals surface area contributed by atoms with Gasteiger partial charge in [0.15, 0.2) is 0 Å². The van der Waals surface area contributed by atoms with E-state index in [1.165, 1.54) is 0 Å². The van der Waals surface area contributed by atoms with Gasteiger partial charge in [-0.2, -0.15) is 3.71 Å². The molecule has 1 heterocycles. The van der Waals surface area contributed by atoms with Gasteiger partial charge in [-0.15, -0.1) is 0 Å². The molecular formula is C34H25NO3S2. The molecule has 0 saturated carbocycles. The van der Waals surface area contributed by atoms with E-state index in [4.69, 9.17) is 0 Å². The third-order valence-corrected chi connectivity index (χ3v) is 11.7. The van der Waals surface area contributed by atoms with E-state index in [1.807, 2.05) is 104 Å². The standard InChI is InChI=1S/C34H25NO3S2/c1-24-20-22-27(23-21-24)40(37,38)35-32(36)33(25-12-4-2-5-13-25,26-14-6-3-7-15-26)34(39-35)30-18-10-8-16-28(30)29-17-9-11-19-31(29)34/h2-23H,1H3. The Bertz CT molecular complexity index is 1780. The van der Waals surface area contributed by atoms with Crippen molar-refractivity contribution in [3.63, 3.8) is 0 Å². The average molecular weight is 560 g/mol. The molecule has 40 heavy (non-hydrogen) atoms. The van der Waals surface area contributed by atoms with Crippen molar-refractivity contribution in [2.45, 2.75) is 22.0 Å². The van der Waals surface area contributed by atoms with E-state index in [-0.39, 0.29) is 4.90 Å². The molecule has 4 nitrogen and oxygen atoms in total. The first-order valence-electron chi connectivity index (χ1n) is 13.1. The molecule has 0 bridgehead atoms. The quantitative estimate of drug-likeness (QED) is 0.221. The van der Waals surface area contributed by atoms with Crippen LogP contribution in [0.15, 0.2) is 138 Å². The van der Waals surface area contributed by atoms with Crippen LogP contribution < -0.4 is 0 Å². The van der Waals surface area contributed by atoms with E-state index in [0.717, 1.165) is 54.6 Å². The number of rotatable bonds is 4. The van der Waals surface area contributed by atoms with E-state index in [2.05, 4.69) is 12.1 Å². The molecule has 0 aromatic heterocycles. The molecule has 1 amide bonds. The summed E-state index contributed by atoms with van der Waals surface area (Å²) in [7, 11) is -4.21. The predicted octanol–water partition coefficient (Wildman–Crippen LogP) is 7.08. The van der Waals surface area contributed by atoms with Crippen LogP contribution in [0.4, 0.5) is 0 Å². The van der Waals surface area contributed by atoms with Crippen LogP contribution in [-0.2, 0) is 25.0 Å². The highest BCUT2D eigenvalue weighted by Gasteiger charge is 2.72. The first-order chi connectivity index (χ1) is 19.4. The fourth-order valence-corrected chi connectivity index (χ4v) is 9.87. The normalized spacial score (nSPS) is 16.6. The van der Waals surface area contributed by atoms with Gasteiger partial charge in [0, 0.05) is 0 Å². The molecule has 1 aliphatic carbocycles. The van der Waals surface area contributed by atoms with Crippen LogP contribution in [0.3, 0.4) is 0 Å². The van der Waals surface area contributed by atoms with Crippen molar-refractivity contribution in [3.8, 4) is 11.1 Å². The average Bonchev–Trinajstić information content (AvgIpc) is 3.45.